The summed E-state index contributed by atoms with van der Waals surface area (Å²) in [7, 11) is 0. The molecule has 8 heteroatoms. The third-order valence-electron chi connectivity index (χ3n) is 5.16. The van der Waals surface area contributed by atoms with Crippen molar-refractivity contribution >= 4 is 5.95 Å². The smallest absolute Gasteiger partial charge is 0.245 e. The first-order chi connectivity index (χ1) is 13.4. The molecule has 1 saturated heterocycles. The molecule has 3 heterocycles. The number of piperazine rings is 1. The second-order valence-corrected chi connectivity index (χ2v) is 8.18. The van der Waals surface area contributed by atoms with E-state index < -0.39 is 0 Å². The Hall–Kier alpha value is -3.00. The van der Waals surface area contributed by atoms with Crippen LogP contribution in [0, 0.1) is 5.41 Å². The first kappa shape index (κ1) is 18.4. The predicted molar refractivity (Wildman–Crippen MR) is 108 cm³/mol. The zero-order valence-corrected chi connectivity index (χ0v) is 16.3. The number of aromatic hydroxyl groups is 1. The van der Waals surface area contributed by atoms with Gasteiger partial charge < -0.3 is 15.3 Å². The summed E-state index contributed by atoms with van der Waals surface area (Å²) in [6, 6.07) is 5.80. The van der Waals surface area contributed by atoms with E-state index in [2.05, 4.69) is 56.4 Å². The van der Waals surface area contributed by atoms with Crippen molar-refractivity contribution < 1.29 is 5.11 Å². The fraction of sp³-hybridized carbons (Fsp3) is 0.400. The highest BCUT2D eigenvalue weighted by molar-refractivity contribution is 5.73. The van der Waals surface area contributed by atoms with Gasteiger partial charge in [-0.05, 0) is 23.1 Å². The lowest BCUT2D eigenvalue weighted by molar-refractivity contribution is 0.252. The van der Waals surface area contributed by atoms with Crippen molar-refractivity contribution in [3.63, 3.8) is 0 Å². The summed E-state index contributed by atoms with van der Waals surface area (Å²) >= 11 is 0. The van der Waals surface area contributed by atoms with Gasteiger partial charge in [0.1, 0.15) is 11.4 Å². The molecule has 1 aromatic carbocycles. The van der Waals surface area contributed by atoms with Gasteiger partial charge >= 0.3 is 0 Å². The number of phenolic OH excluding ortho intramolecular Hbond substituents is 1. The Morgan fingerprint density at radius 2 is 2.00 bits per heavy atom. The first-order valence-corrected chi connectivity index (χ1v) is 9.42. The van der Waals surface area contributed by atoms with Gasteiger partial charge in [0.2, 0.25) is 5.95 Å². The van der Waals surface area contributed by atoms with Crippen molar-refractivity contribution in [3.8, 4) is 28.1 Å². The summed E-state index contributed by atoms with van der Waals surface area (Å²) in [5.74, 6) is 0.756. The van der Waals surface area contributed by atoms with Gasteiger partial charge in [-0.25, -0.2) is 4.98 Å². The Bertz CT molecular complexity index is 932. The summed E-state index contributed by atoms with van der Waals surface area (Å²) in [5, 5.41) is 29.3. The molecule has 0 unspecified atom stereocenters. The van der Waals surface area contributed by atoms with Gasteiger partial charge in [-0.3, -0.25) is 5.10 Å². The minimum Gasteiger partial charge on any atom is -0.507 e. The van der Waals surface area contributed by atoms with E-state index in [0.717, 1.165) is 30.8 Å². The number of anilines is 1. The summed E-state index contributed by atoms with van der Waals surface area (Å²) in [5.41, 5.74) is 3.10. The number of nitrogens with zero attached hydrogens (tertiary/aromatic N) is 5. The molecule has 8 nitrogen and oxygen atoms in total. The fourth-order valence-electron chi connectivity index (χ4n) is 3.39. The highest BCUT2D eigenvalue weighted by atomic mass is 16.3. The van der Waals surface area contributed by atoms with Crippen molar-refractivity contribution in [1.29, 1.82) is 0 Å². The number of hydrogen-bond donors (Lipinski definition) is 3. The van der Waals surface area contributed by atoms with Crippen molar-refractivity contribution in [2.45, 2.75) is 26.8 Å². The average molecular weight is 379 g/mol. The quantitative estimate of drug-likeness (QED) is 0.642. The number of aromatic amines is 1. The van der Waals surface area contributed by atoms with Crippen LogP contribution in [0.25, 0.3) is 22.4 Å². The van der Waals surface area contributed by atoms with E-state index >= 15 is 0 Å². The number of benzene rings is 1. The summed E-state index contributed by atoms with van der Waals surface area (Å²) < 4.78 is 0. The third-order valence-corrected chi connectivity index (χ3v) is 5.16. The minimum atomic E-state index is 0.137. The third kappa shape index (κ3) is 3.68. The van der Waals surface area contributed by atoms with Crippen LogP contribution in [0.1, 0.15) is 20.8 Å². The lowest BCUT2D eigenvalue weighted by Crippen LogP contribution is -2.56. The SMILES string of the molecule is CC(C)(C)[C@H]1CN(c2ncc(-c3ccc(-c4cn[nH]c4)cc3O)nn2)CCN1. The van der Waals surface area contributed by atoms with Gasteiger partial charge in [0.15, 0.2) is 0 Å². The van der Waals surface area contributed by atoms with Crippen LogP contribution >= 0.6 is 0 Å². The lowest BCUT2D eigenvalue weighted by atomic mass is 9.85. The lowest BCUT2D eigenvalue weighted by Gasteiger charge is -2.40. The minimum absolute atomic E-state index is 0.137. The molecule has 0 bridgehead atoms. The molecule has 1 fully saturated rings. The van der Waals surface area contributed by atoms with Crippen LogP contribution in [0.4, 0.5) is 5.95 Å². The van der Waals surface area contributed by atoms with Gasteiger partial charge in [-0.15, -0.1) is 10.2 Å². The van der Waals surface area contributed by atoms with Gasteiger partial charge in [0, 0.05) is 43.0 Å². The Kier molecular flexibility index (Phi) is 4.72. The topological polar surface area (TPSA) is 103 Å². The van der Waals surface area contributed by atoms with E-state index in [1.807, 2.05) is 12.1 Å². The molecule has 0 aliphatic carbocycles. The van der Waals surface area contributed by atoms with E-state index in [9.17, 15) is 5.11 Å². The number of H-pyrrole nitrogens is 1. The Morgan fingerprint density at radius 3 is 2.64 bits per heavy atom. The molecule has 0 spiro atoms. The molecule has 4 rings (SSSR count). The number of hydrogen-bond acceptors (Lipinski definition) is 7. The highest BCUT2D eigenvalue weighted by Crippen LogP contribution is 2.32. The average Bonchev–Trinajstić information content (AvgIpc) is 3.22. The Balaban J connectivity index is 1.53. The number of phenols is 1. The number of nitrogens with one attached hydrogen (secondary N) is 2. The summed E-state index contributed by atoms with van der Waals surface area (Å²) in [4.78, 5) is 6.66. The largest absolute Gasteiger partial charge is 0.507 e. The first-order valence-electron chi connectivity index (χ1n) is 9.42. The normalized spacial score (nSPS) is 17.7. The molecule has 146 valence electrons. The van der Waals surface area contributed by atoms with E-state index in [-0.39, 0.29) is 11.2 Å². The molecular formula is C20H25N7O. The Morgan fingerprint density at radius 1 is 1.14 bits per heavy atom. The van der Waals surface area contributed by atoms with Gasteiger partial charge in [-0.2, -0.15) is 5.10 Å². The Labute approximate surface area is 164 Å². The maximum atomic E-state index is 10.4. The van der Waals surface area contributed by atoms with Gasteiger partial charge in [0.05, 0.1) is 12.4 Å². The van der Waals surface area contributed by atoms with E-state index in [4.69, 9.17) is 0 Å². The van der Waals surface area contributed by atoms with E-state index in [1.165, 1.54) is 0 Å². The zero-order valence-electron chi connectivity index (χ0n) is 16.3. The molecule has 0 saturated carbocycles. The van der Waals surface area contributed by atoms with Crippen LogP contribution in [0.5, 0.6) is 5.75 Å². The van der Waals surface area contributed by atoms with Gasteiger partial charge in [-0.1, -0.05) is 26.8 Å². The van der Waals surface area contributed by atoms with Crippen LogP contribution in [0.3, 0.4) is 0 Å². The molecular weight excluding hydrogens is 354 g/mol. The van der Waals surface area contributed by atoms with Crippen molar-refractivity contribution in [2.75, 3.05) is 24.5 Å². The molecule has 28 heavy (non-hydrogen) atoms. The van der Waals surface area contributed by atoms with E-state index in [1.54, 1.807) is 24.7 Å². The monoisotopic (exact) mass is 379 g/mol. The molecule has 2 aromatic heterocycles. The molecule has 3 aromatic rings. The standard InChI is InChI=1S/C20H25N7O/c1-20(2,3)18-12-27(7-6-21-18)19-22-11-16(25-26-19)15-5-4-13(8-17(15)28)14-9-23-24-10-14/h4-5,8-11,18,21,28H,6-7,12H2,1-3H3,(H,23,24)/t18-/m1/s1. The van der Waals surface area contributed by atoms with Crippen LogP contribution in [-0.4, -0.2) is 56.2 Å². The van der Waals surface area contributed by atoms with Crippen LogP contribution in [0.15, 0.2) is 36.8 Å². The molecule has 0 radical (unpaired) electrons. The van der Waals surface area contributed by atoms with Crippen molar-refractivity contribution in [2.24, 2.45) is 5.41 Å². The highest BCUT2D eigenvalue weighted by Gasteiger charge is 2.30. The fourth-order valence-corrected chi connectivity index (χ4v) is 3.39. The van der Waals surface area contributed by atoms with Gasteiger partial charge in [0.25, 0.3) is 0 Å². The number of aromatic nitrogens is 5. The zero-order chi connectivity index (χ0) is 19.7. The molecule has 1 aliphatic heterocycles. The molecule has 0 amide bonds. The summed E-state index contributed by atoms with van der Waals surface area (Å²) in [6.45, 7) is 9.27. The summed E-state index contributed by atoms with van der Waals surface area (Å²) in [6.07, 6.45) is 5.16. The van der Waals surface area contributed by atoms with Crippen LogP contribution in [0.2, 0.25) is 0 Å². The molecule has 1 aliphatic rings. The predicted octanol–water partition coefficient (Wildman–Crippen LogP) is 2.46. The van der Waals surface area contributed by atoms with Crippen molar-refractivity contribution in [1.82, 2.24) is 30.7 Å². The second-order valence-electron chi connectivity index (χ2n) is 8.18. The number of rotatable bonds is 3. The maximum absolute atomic E-state index is 10.4. The second kappa shape index (κ2) is 7.20. The van der Waals surface area contributed by atoms with E-state index in [0.29, 0.717) is 23.2 Å². The van der Waals surface area contributed by atoms with Crippen LogP contribution in [-0.2, 0) is 0 Å². The van der Waals surface area contributed by atoms with Crippen LogP contribution < -0.4 is 10.2 Å². The molecule has 1 atom stereocenters. The van der Waals surface area contributed by atoms with Crippen molar-refractivity contribution in [3.05, 3.63) is 36.8 Å². The molecule has 3 N–H and O–H groups in total. The maximum Gasteiger partial charge on any atom is 0.245 e.